The van der Waals surface area contributed by atoms with E-state index in [-0.39, 0.29) is 6.54 Å². The molecule has 0 fully saturated rings. The third-order valence-electron chi connectivity index (χ3n) is 6.32. The molecule has 5 rings (SSSR count). The lowest BCUT2D eigenvalue weighted by Crippen LogP contribution is -2.44. The van der Waals surface area contributed by atoms with Gasteiger partial charge in [0.1, 0.15) is 5.75 Å². The molecule has 1 aliphatic rings. The first-order chi connectivity index (χ1) is 17.4. The van der Waals surface area contributed by atoms with Crippen LogP contribution in [0.1, 0.15) is 23.2 Å². The van der Waals surface area contributed by atoms with Crippen molar-refractivity contribution >= 4 is 35.0 Å². The Morgan fingerprint density at radius 1 is 1.03 bits per heavy atom. The number of nitrogens with two attached hydrogens (primary N) is 1. The molecule has 2 atom stereocenters. The van der Waals surface area contributed by atoms with Gasteiger partial charge in [-0.25, -0.2) is 4.79 Å². The van der Waals surface area contributed by atoms with Crippen molar-refractivity contribution in [1.29, 1.82) is 0 Å². The minimum absolute atomic E-state index is 0.0204. The normalized spacial score (nSPS) is 15.5. The van der Waals surface area contributed by atoms with E-state index in [1.807, 2.05) is 48.5 Å². The van der Waals surface area contributed by atoms with Gasteiger partial charge in [0.25, 0.3) is 5.56 Å². The van der Waals surface area contributed by atoms with E-state index in [0.717, 1.165) is 5.56 Å². The predicted molar refractivity (Wildman–Crippen MR) is 146 cm³/mol. The topological polar surface area (TPSA) is 79.2 Å². The summed E-state index contributed by atoms with van der Waals surface area (Å²) >= 11 is 14.5. The smallest absolute Gasteiger partial charge is 0.332 e. The highest BCUT2D eigenvalue weighted by Gasteiger charge is 2.34. The molecular formula is C27H23Cl2N3O3S. The monoisotopic (exact) mass is 539 g/mol. The van der Waals surface area contributed by atoms with Crippen molar-refractivity contribution < 1.29 is 4.74 Å². The molecule has 0 amide bonds. The van der Waals surface area contributed by atoms with Gasteiger partial charge >= 0.3 is 5.69 Å². The SMILES string of the molecule is COc1cccc(-c2c3n(c(=O)n(CC(N)c4ccccc4)c2=O)C(c2c(Cl)cccc2Cl)CS3)c1. The van der Waals surface area contributed by atoms with Crippen LogP contribution in [0.4, 0.5) is 0 Å². The molecule has 0 radical (unpaired) electrons. The fourth-order valence-electron chi connectivity index (χ4n) is 4.53. The summed E-state index contributed by atoms with van der Waals surface area (Å²) in [5, 5.41) is 1.51. The van der Waals surface area contributed by atoms with E-state index in [2.05, 4.69) is 0 Å². The maximum absolute atomic E-state index is 13.9. The van der Waals surface area contributed by atoms with Crippen molar-refractivity contribution in [2.45, 2.75) is 23.7 Å². The molecule has 0 aliphatic carbocycles. The molecule has 0 spiro atoms. The fraction of sp³-hybridized carbons (Fsp3) is 0.185. The number of ether oxygens (including phenoxy) is 1. The van der Waals surface area contributed by atoms with Gasteiger partial charge in [-0.05, 0) is 35.4 Å². The number of nitrogens with zero attached hydrogens (tertiary/aromatic N) is 2. The van der Waals surface area contributed by atoms with Gasteiger partial charge in [0.05, 0.1) is 30.3 Å². The molecule has 9 heteroatoms. The van der Waals surface area contributed by atoms with Gasteiger partial charge in [-0.3, -0.25) is 13.9 Å². The number of hydrogen-bond acceptors (Lipinski definition) is 5. The van der Waals surface area contributed by atoms with E-state index in [9.17, 15) is 9.59 Å². The zero-order valence-electron chi connectivity index (χ0n) is 19.4. The van der Waals surface area contributed by atoms with Crippen LogP contribution in [0.2, 0.25) is 10.0 Å². The Morgan fingerprint density at radius 3 is 2.42 bits per heavy atom. The maximum atomic E-state index is 13.9. The molecule has 0 saturated carbocycles. The fourth-order valence-corrected chi connectivity index (χ4v) is 6.50. The molecule has 6 nitrogen and oxygen atoms in total. The molecule has 3 aromatic carbocycles. The lowest BCUT2D eigenvalue weighted by molar-refractivity contribution is 0.415. The van der Waals surface area contributed by atoms with Crippen LogP contribution in [0.25, 0.3) is 11.1 Å². The van der Waals surface area contributed by atoms with Crippen LogP contribution < -0.4 is 21.7 Å². The maximum Gasteiger partial charge on any atom is 0.332 e. The Morgan fingerprint density at radius 2 is 1.72 bits per heavy atom. The highest BCUT2D eigenvalue weighted by atomic mass is 35.5. The highest BCUT2D eigenvalue weighted by molar-refractivity contribution is 7.99. The molecule has 2 heterocycles. The third-order valence-corrected chi connectivity index (χ3v) is 8.13. The van der Waals surface area contributed by atoms with Crippen molar-refractivity contribution in [2.24, 2.45) is 5.73 Å². The average molecular weight is 540 g/mol. The number of fused-ring (bicyclic) bond motifs is 1. The number of methoxy groups -OCH3 is 1. The number of thioether (sulfide) groups is 1. The molecule has 184 valence electrons. The van der Waals surface area contributed by atoms with E-state index >= 15 is 0 Å². The Labute approximate surface area is 222 Å². The van der Waals surface area contributed by atoms with Crippen molar-refractivity contribution in [2.75, 3.05) is 12.9 Å². The molecule has 2 N–H and O–H groups in total. The second-order valence-corrected chi connectivity index (χ2v) is 10.3. The Kier molecular flexibility index (Phi) is 6.99. The highest BCUT2D eigenvalue weighted by Crippen LogP contribution is 2.44. The molecule has 1 aromatic heterocycles. The zero-order valence-corrected chi connectivity index (χ0v) is 21.7. The van der Waals surface area contributed by atoms with E-state index < -0.39 is 23.3 Å². The summed E-state index contributed by atoms with van der Waals surface area (Å²) in [5.41, 5.74) is 8.18. The van der Waals surface area contributed by atoms with Crippen LogP contribution >= 0.6 is 35.0 Å². The van der Waals surface area contributed by atoms with Gasteiger partial charge in [0.15, 0.2) is 0 Å². The summed E-state index contributed by atoms with van der Waals surface area (Å²) in [6.45, 7) is 0.0204. The Hall–Kier alpha value is -2.97. The van der Waals surface area contributed by atoms with E-state index in [0.29, 0.717) is 43.3 Å². The summed E-state index contributed by atoms with van der Waals surface area (Å²) < 4.78 is 8.25. The van der Waals surface area contributed by atoms with Gasteiger partial charge in [0, 0.05) is 27.4 Å². The second-order valence-electron chi connectivity index (χ2n) is 8.46. The van der Waals surface area contributed by atoms with E-state index in [4.69, 9.17) is 33.7 Å². The predicted octanol–water partition coefficient (Wildman–Crippen LogP) is 5.39. The van der Waals surface area contributed by atoms with Crippen LogP contribution in [0.3, 0.4) is 0 Å². The van der Waals surface area contributed by atoms with Crippen LogP contribution in [-0.2, 0) is 6.54 Å². The number of halogens is 2. The van der Waals surface area contributed by atoms with E-state index in [1.165, 1.54) is 16.3 Å². The van der Waals surface area contributed by atoms with Crippen molar-refractivity contribution in [3.63, 3.8) is 0 Å². The minimum Gasteiger partial charge on any atom is -0.497 e. The summed E-state index contributed by atoms with van der Waals surface area (Å²) in [6.07, 6.45) is 0. The van der Waals surface area contributed by atoms with Crippen LogP contribution in [-0.4, -0.2) is 22.0 Å². The molecule has 1 aliphatic heterocycles. The number of aromatic nitrogens is 2. The van der Waals surface area contributed by atoms with Crippen molar-refractivity contribution in [1.82, 2.24) is 9.13 Å². The Bertz CT molecular complexity index is 1530. The standard InChI is InChI=1S/C27H23Cl2N3O3S/c1-35-18-10-5-9-17(13-18)23-25(33)31(14-21(30)16-7-3-2-4-8-16)27(34)32-22(15-36-26(23)32)24-19(28)11-6-12-20(24)29/h2-13,21-22H,14-15,30H2,1H3. The van der Waals surface area contributed by atoms with Crippen LogP contribution in [0.5, 0.6) is 5.75 Å². The number of benzene rings is 3. The minimum atomic E-state index is -0.551. The first-order valence-corrected chi connectivity index (χ1v) is 13.1. The number of rotatable bonds is 6. The third kappa shape index (κ3) is 4.37. The van der Waals surface area contributed by atoms with Gasteiger partial charge in [-0.1, -0.05) is 71.7 Å². The van der Waals surface area contributed by atoms with Gasteiger partial charge in [-0.2, -0.15) is 0 Å². The molecule has 2 unspecified atom stereocenters. The lowest BCUT2D eigenvalue weighted by Gasteiger charge is -2.21. The molecular weight excluding hydrogens is 517 g/mol. The molecule has 0 saturated heterocycles. The summed E-state index contributed by atoms with van der Waals surface area (Å²) in [6, 6.07) is 20.9. The van der Waals surface area contributed by atoms with Crippen LogP contribution in [0, 0.1) is 0 Å². The van der Waals surface area contributed by atoms with Gasteiger partial charge in [0.2, 0.25) is 0 Å². The summed E-state index contributed by atoms with van der Waals surface area (Å²) in [5.74, 6) is 1.11. The summed E-state index contributed by atoms with van der Waals surface area (Å²) in [4.78, 5) is 27.8. The first kappa shape index (κ1) is 24.7. The second kappa shape index (κ2) is 10.2. The van der Waals surface area contributed by atoms with Gasteiger partial charge in [-0.15, -0.1) is 11.8 Å². The Balaban J connectivity index is 1.75. The van der Waals surface area contributed by atoms with Gasteiger partial charge < -0.3 is 10.5 Å². The van der Waals surface area contributed by atoms with E-state index in [1.54, 1.807) is 35.9 Å². The quantitative estimate of drug-likeness (QED) is 0.332. The van der Waals surface area contributed by atoms with Crippen molar-refractivity contribution in [3.8, 4) is 16.9 Å². The van der Waals surface area contributed by atoms with Crippen LogP contribution in [0.15, 0.2) is 87.4 Å². The molecule has 4 aromatic rings. The first-order valence-electron chi connectivity index (χ1n) is 11.3. The largest absolute Gasteiger partial charge is 0.497 e. The zero-order chi connectivity index (χ0) is 25.4. The number of hydrogen-bond donors (Lipinski definition) is 1. The van der Waals surface area contributed by atoms with Crippen molar-refractivity contribution in [3.05, 3.63) is 115 Å². The lowest BCUT2D eigenvalue weighted by atomic mass is 10.1. The molecule has 0 bridgehead atoms. The average Bonchev–Trinajstić information content (AvgIpc) is 3.31. The molecule has 36 heavy (non-hydrogen) atoms. The summed E-state index contributed by atoms with van der Waals surface area (Å²) in [7, 11) is 1.57.